The van der Waals surface area contributed by atoms with Crippen molar-refractivity contribution in [3.05, 3.63) is 30.6 Å². The minimum atomic E-state index is 0.795. The summed E-state index contributed by atoms with van der Waals surface area (Å²) in [5, 5.41) is 11.3. The quantitative estimate of drug-likeness (QED) is 0.593. The third-order valence-electron chi connectivity index (χ3n) is 1.84. The SMILES string of the molecule is c1ccc2sc(-[n+]3ncn[nH]3)nc2c1. The summed E-state index contributed by atoms with van der Waals surface area (Å²) in [5.41, 5.74) is 0.983. The van der Waals surface area contributed by atoms with E-state index >= 15 is 0 Å². The third-order valence-corrected chi connectivity index (χ3v) is 2.85. The Morgan fingerprint density at radius 1 is 1.29 bits per heavy atom. The Hall–Kier alpha value is -1.82. The molecule has 0 radical (unpaired) electrons. The first kappa shape index (κ1) is 7.57. The molecule has 0 amide bonds. The lowest BCUT2D eigenvalue weighted by atomic mass is 10.3. The molecule has 0 spiro atoms. The first-order valence-electron chi connectivity index (χ1n) is 4.07. The van der Waals surface area contributed by atoms with Gasteiger partial charge in [0, 0.05) is 0 Å². The largest absolute Gasteiger partial charge is 0.364 e. The van der Waals surface area contributed by atoms with Gasteiger partial charge in [0.25, 0.3) is 6.33 Å². The topological polar surface area (TPSA) is 58.3 Å². The lowest BCUT2D eigenvalue weighted by molar-refractivity contribution is -0.716. The third kappa shape index (κ3) is 1.08. The van der Waals surface area contributed by atoms with Gasteiger partial charge in [-0.3, -0.25) is 0 Å². The van der Waals surface area contributed by atoms with E-state index in [1.165, 1.54) is 6.33 Å². The molecule has 0 saturated carbocycles. The average Bonchev–Trinajstić information content (AvgIpc) is 2.86. The van der Waals surface area contributed by atoms with Crippen molar-refractivity contribution in [2.45, 2.75) is 0 Å². The van der Waals surface area contributed by atoms with Gasteiger partial charge in [0.15, 0.2) is 5.52 Å². The smallest absolute Gasteiger partial charge is 0.0885 e. The van der Waals surface area contributed by atoms with Crippen molar-refractivity contribution in [2.24, 2.45) is 0 Å². The number of para-hydroxylation sites is 1. The van der Waals surface area contributed by atoms with Crippen molar-refractivity contribution < 1.29 is 4.80 Å². The summed E-state index contributed by atoms with van der Waals surface area (Å²) in [6.07, 6.45) is 1.45. The Kier molecular flexibility index (Phi) is 1.54. The summed E-state index contributed by atoms with van der Waals surface area (Å²) in [4.78, 5) is 5.95. The number of hydrogen-bond donors (Lipinski definition) is 1. The Labute approximate surface area is 83.0 Å². The molecular formula is C8H6N5S+. The number of tetrazole rings is 1. The van der Waals surface area contributed by atoms with Crippen molar-refractivity contribution in [1.29, 1.82) is 0 Å². The summed E-state index contributed by atoms with van der Waals surface area (Å²) in [6.45, 7) is 0. The molecule has 0 aliphatic carbocycles. The number of fused-ring (bicyclic) bond motifs is 1. The van der Waals surface area contributed by atoms with E-state index in [2.05, 4.69) is 20.4 Å². The van der Waals surface area contributed by atoms with E-state index in [1.807, 2.05) is 24.3 Å². The number of nitrogens with one attached hydrogen (secondary N) is 1. The first-order chi connectivity index (χ1) is 6.93. The molecule has 6 heteroatoms. The maximum Gasteiger partial charge on any atom is 0.364 e. The number of nitrogens with zero attached hydrogens (tertiary/aromatic N) is 4. The molecule has 0 atom stereocenters. The van der Waals surface area contributed by atoms with Crippen LogP contribution in [0.25, 0.3) is 15.3 Å². The van der Waals surface area contributed by atoms with Crippen molar-refractivity contribution in [3.63, 3.8) is 0 Å². The normalized spacial score (nSPS) is 10.9. The molecule has 1 N–H and O–H groups in total. The molecule has 3 rings (SSSR count). The molecule has 0 bridgehead atoms. The minimum absolute atomic E-state index is 0.795. The van der Waals surface area contributed by atoms with E-state index in [0.29, 0.717) is 0 Å². The highest BCUT2D eigenvalue weighted by atomic mass is 32.1. The highest BCUT2D eigenvalue weighted by Crippen LogP contribution is 2.20. The monoisotopic (exact) mass is 204 g/mol. The van der Waals surface area contributed by atoms with Gasteiger partial charge in [0.1, 0.15) is 0 Å². The second-order valence-electron chi connectivity index (χ2n) is 2.74. The van der Waals surface area contributed by atoms with Crippen LogP contribution in [-0.4, -0.2) is 20.4 Å². The predicted molar refractivity (Wildman–Crippen MR) is 51.1 cm³/mol. The fourth-order valence-electron chi connectivity index (χ4n) is 1.23. The Morgan fingerprint density at radius 2 is 2.21 bits per heavy atom. The lowest BCUT2D eigenvalue weighted by Crippen LogP contribution is -2.35. The van der Waals surface area contributed by atoms with Crippen LogP contribution >= 0.6 is 11.3 Å². The molecule has 0 unspecified atom stereocenters. The van der Waals surface area contributed by atoms with Gasteiger partial charge in [0.05, 0.1) is 4.70 Å². The van der Waals surface area contributed by atoms with Crippen LogP contribution in [0, 0.1) is 0 Å². The van der Waals surface area contributed by atoms with Crippen LogP contribution in [-0.2, 0) is 0 Å². The maximum atomic E-state index is 4.40. The van der Waals surface area contributed by atoms with Gasteiger partial charge < -0.3 is 0 Å². The standard InChI is InChI=1S/C8H5N5S/c1-2-4-7-6(3-1)11-8(14-7)13-10-5-9-12-13/h1-5H/p+1. The average molecular weight is 204 g/mol. The van der Waals surface area contributed by atoms with Crippen LogP contribution in [0.3, 0.4) is 0 Å². The fourth-order valence-corrected chi connectivity index (χ4v) is 2.11. The van der Waals surface area contributed by atoms with E-state index < -0.39 is 0 Å². The van der Waals surface area contributed by atoms with Crippen LogP contribution in [0.4, 0.5) is 0 Å². The molecule has 0 fully saturated rings. The minimum Gasteiger partial charge on any atom is -0.0885 e. The number of aromatic nitrogens is 5. The molecule has 5 nitrogen and oxygen atoms in total. The number of rotatable bonds is 1. The number of H-pyrrole nitrogens is 1. The van der Waals surface area contributed by atoms with E-state index in [1.54, 1.807) is 16.1 Å². The van der Waals surface area contributed by atoms with Gasteiger partial charge in [0.2, 0.25) is 0 Å². The van der Waals surface area contributed by atoms with Gasteiger partial charge >= 0.3 is 5.13 Å². The first-order valence-corrected chi connectivity index (χ1v) is 4.89. The van der Waals surface area contributed by atoms with E-state index in [0.717, 1.165) is 15.3 Å². The molecule has 3 aromatic rings. The maximum absolute atomic E-state index is 4.40. The molecule has 0 aliphatic heterocycles. The second kappa shape index (κ2) is 2.85. The van der Waals surface area contributed by atoms with Crippen LogP contribution in [0.1, 0.15) is 0 Å². The summed E-state index contributed by atoms with van der Waals surface area (Å²) < 4.78 is 1.14. The van der Waals surface area contributed by atoms with Crippen LogP contribution in [0.15, 0.2) is 30.6 Å². The van der Waals surface area contributed by atoms with Gasteiger partial charge in [-0.25, -0.2) is 0 Å². The second-order valence-corrected chi connectivity index (χ2v) is 3.75. The van der Waals surface area contributed by atoms with Crippen LogP contribution < -0.4 is 4.80 Å². The van der Waals surface area contributed by atoms with Crippen LogP contribution in [0.5, 0.6) is 0 Å². The van der Waals surface area contributed by atoms with Crippen molar-refractivity contribution in [1.82, 2.24) is 20.4 Å². The zero-order chi connectivity index (χ0) is 9.38. The van der Waals surface area contributed by atoms with Crippen molar-refractivity contribution >= 4 is 21.6 Å². The fraction of sp³-hybridized carbons (Fsp3) is 0. The van der Waals surface area contributed by atoms with Gasteiger partial charge in [-0.1, -0.05) is 38.8 Å². The Bertz CT molecular complexity index is 523. The molecular weight excluding hydrogens is 198 g/mol. The molecule has 2 heterocycles. The predicted octanol–water partition coefficient (Wildman–Crippen LogP) is 0.691. The molecule has 0 saturated heterocycles. The number of thiazole rings is 1. The van der Waals surface area contributed by atoms with E-state index in [9.17, 15) is 0 Å². The number of benzene rings is 1. The van der Waals surface area contributed by atoms with Crippen molar-refractivity contribution in [2.75, 3.05) is 0 Å². The van der Waals surface area contributed by atoms with Gasteiger partial charge in [-0.05, 0) is 22.0 Å². The van der Waals surface area contributed by atoms with Crippen LogP contribution in [0.2, 0.25) is 0 Å². The highest BCUT2D eigenvalue weighted by Gasteiger charge is 2.13. The summed E-state index contributed by atoms with van der Waals surface area (Å²) >= 11 is 1.57. The summed E-state index contributed by atoms with van der Waals surface area (Å²) in [6, 6.07) is 7.98. The number of aromatic amines is 1. The number of hydrogen-bond acceptors (Lipinski definition) is 4. The van der Waals surface area contributed by atoms with Gasteiger partial charge in [-0.2, -0.15) is 0 Å². The molecule has 2 aromatic heterocycles. The van der Waals surface area contributed by atoms with E-state index in [4.69, 9.17) is 0 Å². The Morgan fingerprint density at radius 3 is 3.00 bits per heavy atom. The molecule has 1 aromatic carbocycles. The van der Waals surface area contributed by atoms with Gasteiger partial charge in [-0.15, -0.1) is 0 Å². The molecule has 14 heavy (non-hydrogen) atoms. The molecule has 0 aliphatic rings. The van der Waals surface area contributed by atoms with E-state index in [-0.39, 0.29) is 0 Å². The lowest BCUT2D eigenvalue weighted by Gasteiger charge is -1.77. The summed E-state index contributed by atoms with van der Waals surface area (Å²) in [7, 11) is 0. The van der Waals surface area contributed by atoms with Crippen molar-refractivity contribution in [3.8, 4) is 5.13 Å². The zero-order valence-electron chi connectivity index (χ0n) is 7.08. The highest BCUT2D eigenvalue weighted by molar-refractivity contribution is 7.20. The summed E-state index contributed by atoms with van der Waals surface area (Å²) in [5.74, 6) is 0. The molecule has 68 valence electrons. The zero-order valence-corrected chi connectivity index (χ0v) is 7.90. The Balaban J connectivity index is 2.24.